The molecule has 0 heterocycles. The Balaban J connectivity index is 1.77. The zero-order valence-electron chi connectivity index (χ0n) is 13.5. The third-order valence-electron chi connectivity index (χ3n) is 3.59. The molecule has 0 aliphatic heterocycles. The molecule has 2 aromatic rings. The number of aryl methyl sites for hydroxylation is 1. The van der Waals surface area contributed by atoms with Gasteiger partial charge < -0.3 is 5.32 Å². The lowest BCUT2D eigenvalue weighted by Gasteiger charge is -2.17. The molecular formula is C19H22ClNOS. The first-order valence-corrected chi connectivity index (χ1v) is 9.07. The third kappa shape index (κ3) is 6.28. The molecular weight excluding hydrogens is 326 g/mol. The van der Waals surface area contributed by atoms with Crippen molar-refractivity contribution in [3.63, 3.8) is 0 Å². The molecule has 2 atom stereocenters. The zero-order chi connectivity index (χ0) is 16.7. The molecule has 122 valence electrons. The summed E-state index contributed by atoms with van der Waals surface area (Å²) in [5, 5.41) is 3.68. The van der Waals surface area contributed by atoms with Gasteiger partial charge in [0.15, 0.2) is 0 Å². The molecule has 1 N–H and O–H groups in total. The van der Waals surface area contributed by atoms with Crippen LogP contribution in [0.15, 0.2) is 59.5 Å². The predicted octanol–water partition coefficient (Wildman–Crippen LogP) is 4.96. The summed E-state index contributed by atoms with van der Waals surface area (Å²) in [5.41, 5.74) is 1.30. The summed E-state index contributed by atoms with van der Waals surface area (Å²) in [5.74, 6) is 0.0745. The summed E-state index contributed by atoms with van der Waals surface area (Å²) < 4.78 is 0. The topological polar surface area (TPSA) is 29.1 Å². The van der Waals surface area contributed by atoms with Crippen LogP contribution >= 0.6 is 23.4 Å². The summed E-state index contributed by atoms with van der Waals surface area (Å²) in [6.45, 7) is 3.99. The zero-order valence-corrected chi connectivity index (χ0v) is 15.0. The molecule has 0 radical (unpaired) electrons. The van der Waals surface area contributed by atoms with Crippen molar-refractivity contribution in [3.8, 4) is 0 Å². The minimum absolute atomic E-state index is 0.0745. The highest BCUT2D eigenvalue weighted by Gasteiger charge is 2.16. The highest BCUT2D eigenvalue weighted by Crippen LogP contribution is 2.24. The highest BCUT2D eigenvalue weighted by atomic mass is 35.5. The molecule has 1 amide bonds. The number of carbonyl (C=O) groups excluding carboxylic acids is 1. The Labute approximate surface area is 147 Å². The molecule has 0 bridgehead atoms. The van der Waals surface area contributed by atoms with Crippen molar-refractivity contribution in [2.45, 2.75) is 42.9 Å². The van der Waals surface area contributed by atoms with E-state index in [0.29, 0.717) is 5.02 Å². The average molecular weight is 348 g/mol. The lowest BCUT2D eigenvalue weighted by Crippen LogP contribution is -2.37. The smallest absolute Gasteiger partial charge is 0.233 e. The Morgan fingerprint density at radius 1 is 1.09 bits per heavy atom. The van der Waals surface area contributed by atoms with E-state index >= 15 is 0 Å². The fourth-order valence-corrected chi connectivity index (χ4v) is 3.23. The molecule has 4 heteroatoms. The monoisotopic (exact) mass is 347 g/mol. The Morgan fingerprint density at radius 3 is 2.39 bits per heavy atom. The van der Waals surface area contributed by atoms with E-state index in [1.807, 2.05) is 49.4 Å². The second-order valence-corrected chi connectivity index (χ2v) is 7.50. The molecule has 0 aliphatic rings. The molecule has 0 unspecified atom stereocenters. The molecule has 2 aromatic carbocycles. The SMILES string of the molecule is C[C@H](CCc1ccccc1)NC(=O)[C@@H](C)Sc1ccc(Cl)cc1. The maximum absolute atomic E-state index is 12.3. The van der Waals surface area contributed by atoms with Gasteiger partial charge in [-0.2, -0.15) is 0 Å². The average Bonchev–Trinajstić information content (AvgIpc) is 2.56. The molecule has 23 heavy (non-hydrogen) atoms. The predicted molar refractivity (Wildman–Crippen MR) is 99.1 cm³/mol. The summed E-state index contributed by atoms with van der Waals surface area (Å²) in [6, 6.07) is 18.1. The molecule has 0 fully saturated rings. The van der Waals surface area contributed by atoms with Crippen molar-refractivity contribution < 1.29 is 4.79 Å². The second-order valence-electron chi connectivity index (χ2n) is 5.65. The van der Waals surface area contributed by atoms with Crippen molar-refractivity contribution >= 4 is 29.3 Å². The van der Waals surface area contributed by atoms with Crippen molar-refractivity contribution in [2.24, 2.45) is 0 Å². The van der Waals surface area contributed by atoms with Gasteiger partial charge in [-0.15, -0.1) is 11.8 Å². The van der Waals surface area contributed by atoms with Crippen LogP contribution in [0.4, 0.5) is 0 Å². The van der Waals surface area contributed by atoms with Gasteiger partial charge in [-0.25, -0.2) is 0 Å². The van der Waals surface area contributed by atoms with Gasteiger partial charge in [0.2, 0.25) is 5.91 Å². The standard InChI is InChI=1S/C19H22ClNOS/c1-14(8-9-16-6-4-3-5-7-16)21-19(22)15(2)23-18-12-10-17(20)11-13-18/h3-7,10-15H,8-9H2,1-2H3,(H,21,22)/t14-,15-/m1/s1. The van der Waals surface area contributed by atoms with Gasteiger partial charge in [-0.1, -0.05) is 41.9 Å². The maximum atomic E-state index is 12.3. The third-order valence-corrected chi connectivity index (χ3v) is 4.96. The first-order chi connectivity index (χ1) is 11.0. The first kappa shape index (κ1) is 17.9. The van der Waals surface area contributed by atoms with Crippen LogP contribution in [0.2, 0.25) is 5.02 Å². The Kier molecular flexibility index (Phi) is 7.00. The van der Waals surface area contributed by atoms with E-state index in [-0.39, 0.29) is 17.2 Å². The lowest BCUT2D eigenvalue weighted by molar-refractivity contribution is -0.120. The van der Waals surface area contributed by atoms with Gasteiger partial charge in [0.1, 0.15) is 0 Å². The number of hydrogen-bond donors (Lipinski definition) is 1. The van der Waals surface area contributed by atoms with E-state index in [0.717, 1.165) is 17.7 Å². The first-order valence-electron chi connectivity index (χ1n) is 7.81. The maximum Gasteiger partial charge on any atom is 0.233 e. The summed E-state index contributed by atoms with van der Waals surface area (Å²) in [7, 11) is 0. The summed E-state index contributed by atoms with van der Waals surface area (Å²) in [6.07, 6.45) is 1.91. The van der Waals surface area contributed by atoms with Crippen LogP contribution < -0.4 is 5.32 Å². The molecule has 0 saturated heterocycles. The number of carbonyl (C=O) groups is 1. The molecule has 2 rings (SSSR count). The molecule has 0 aromatic heterocycles. The van der Waals surface area contributed by atoms with Gasteiger partial charge in [0, 0.05) is 16.0 Å². The van der Waals surface area contributed by atoms with Crippen molar-refractivity contribution in [1.29, 1.82) is 0 Å². The fraction of sp³-hybridized carbons (Fsp3) is 0.316. The summed E-state index contributed by atoms with van der Waals surface area (Å²) >= 11 is 7.42. The number of rotatable bonds is 7. The van der Waals surface area contributed by atoms with Crippen LogP contribution in [0.1, 0.15) is 25.8 Å². The van der Waals surface area contributed by atoms with Gasteiger partial charge in [-0.3, -0.25) is 4.79 Å². The van der Waals surface area contributed by atoms with Gasteiger partial charge in [0.05, 0.1) is 5.25 Å². The number of thioether (sulfide) groups is 1. The van der Waals surface area contributed by atoms with Gasteiger partial charge in [-0.05, 0) is 56.5 Å². The molecule has 0 aliphatic carbocycles. The van der Waals surface area contributed by atoms with Crippen LogP contribution in [0, 0.1) is 0 Å². The normalized spacial score (nSPS) is 13.3. The van der Waals surface area contributed by atoms with Crippen LogP contribution in [-0.2, 0) is 11.2 Å². The number of nitrogens with one attached hydrogen (secondary N) is 1. The quantitative estimate of drug-likeness (QED) is 0.717. The molecule has 0 spiro atoms. The number of hydrogen-bond acceptors (Lipinski definition) is 2. The van der Waals surface area contributed by atoms with E-state index in [1.54, 1.807) is 11.8 Å². The number of amides is 1. The minimum atomic E-state index is -0.129. The Morgan fingerprint density at radius 2 is 1.74 bits per heavy atom. The van der Waals surface area contributed by atoms with E-state index in [1.165, 1.54) is 5.56 Å². The van der Waals surface area contributed by atoms with Crippen molar-refractivity contribution in [1.82, 2.24) is 5.32 Å². The van der Waals surface area contributed by atoms with Crippen LogP contribution in [0.5, 0.6) is 0 Å². The number of benzene rings is 2. The lowest BCUT2D eigenvalue weighted by atomic mass is 10.1. The van der Waals surface area contributed by atoms with E-state index in [2.05, 4.69) is 24.4 Å². The van der Waals surface area contributed by atoms with E-state index in [9.17, 15) is 4.79 Å². The second kappa shape index (κ2) is 8.99. The molecule has 2 nitrogen and oxygen atoms in total. The van der Waals surface area contributed by atoms with Crippen LogP contribution in [0.25, 0.3) is 0 Å². The largest absolute Gasteiger partial charge is 0.353 e. The fourth-order valence-electron chi connectivity index (χ4n) is 2.23. The van der Waals surface area contributed by atoms with Gasteiger partial charge in [0.25, 0.3) is 0 Å². The number of halogens is 1. The van der Waals surface area contributed by atoms with Crippen LogP contribution in [-0.4, -0.2) is 17.2 Å². The van der Waals surface area contributed by atoms with Crippen molar-refractivity contribution in [2.75, 3.05) is 0 Å². The highest BCUT2D eigenvalue weighted by molar-refractivity contribution is 8.00. The van der Waals surface area contributed by atoms with Gasteiger partial charge >= 0.3 is 0 Å². The minimum Gasteiger partial charge on any atom is -0.353 e. The van der Waals surface area contributed by atoms with E-state index in [4.69, 9.17) is 11.6 Å². The Hall–Kier alpha value is -1.45. The summed E-state index contributed by atoms with van der Waals surface area (Å²) in [4.78, 5) is 13.3. The molecule has 0 saturated carbocycles. The van der Waals surface area contributed by atoms with Crippen LogP contribution in [0.3, 0.4) is 0 Å². The van der Waals surface area contributed by atoms with Crippen molar-refractivity contribution in [3.05, 3.63) is 65.2 Å². The Bertz CT molecular complexity index is 615. The van der Waals surface area contributed by atoms with E-state index < -0.39 is 0 Å².